The number of nitrogens with zero attached hydrogens (tertiary/aromatic N) is 6. The molecule has 9 heteroatoms. The predicted molar refractivity (Wildman–Crippen MR) is 195 cm³/mol. The largest absolute Gasteiger partial charge is 0.459 e. The molecular weight excluding hydrogens is 804 g/mol. The van der Waals surface area contributed by atoms with Crippen molar-refractivity contribution in [2.75, 3.05) is 0 Å². The van der Waals surface area contributed by atoms with E-state index in [1.807, 2.05) is 59.3 Å². The van der Waals surface area contributed by atoms with E-state index in [1.165, 1.54) is 11.1 Å². The van der Waals surface area contributed by atoms with Crippen LogP contribution in [0.4, 0.5) is 0 Å². The first-order chi connectivity index (χ1) is 23.2. The van der Waals surface area contributed by atoms with Gasteiger partial charge < -0.3 is 9.72 Å². The molecule has 0 radical (unpaired) electrons. The average Bonchev–Trinajstić information content (AvgIpc) is 3.47. The first-order valence-electron chi connectivity index (χ1n) is 16.0. The third-order valence-electron chi connectivity index (χ3n) is 8.73. The summed E-state index contributed by atoms with van der Waals surface area (Å²) >= 11 is 0. The SMILES string of the molecule is Cc1cccc(C)c1-c1cc(Oc2[c-]c(-c3cc4c(cn3)ncn3c5ccccc5nc43)ccc2[Si](C)(C)C)nc(-c2ccccn2)c1.[Pt]. The van der Waals surface area contributed by atoms with Crippen LogP contribution in [0.5, 0.6) is 11.6 Å². The number of pyridine rings is 3. The first-order valence-corrected chi connectivity index (χ1v) is 19.5. The number of aryl methyl sites for hydroxylation is 2. The van der Waals surface area contributed by atoms with Crippen LogP contribution in [0.3, 0.4) is 0 Å². The van der Waals surface area contributed by atoms with E-state index in [0.29, 0.717) is 11.6 Å². The molecule has 0 saturated heterocycles. The maximum Gasteiger partial charge on any atom is 0.218 e. The summed E-state index contributed by atoms with van der Waals surface area (Å²) in [5.74, 6) is 1.15. The average molecular weight is 837 g/mol. The zero-order valence-corrected chi connectivity index (χ0v) is 31.1. The number of aromatic nitrogens is 6. The zero-order chi connectivity index (χ0) is 33.0. The van der Waals surface area contributed by atoms with Gasteiger partial charge in [0.15, 0.2) is 0 Å². The van der Waals surface area contributed by atoms with Crippen LogP contribution in [-0.4, -0.2) is 37.4 Å². The van der Waals surface area contributed by atoms with Gasteiger partial charge in [0.1, 0.15) is 12.0 Å². The number of fused-ring (bicyclic) bond motifs is 5. The van der Waals surface area contributed by atoms with E-state index in [2.05, 4.69) is 92.0 Å². The Morgan fingerprint density at radius 3 is 2.29 bits per heavy atom. The van der Waals surface area contributed by atoms with Crippen molar-refractivity contribution in [2.24, 2.45) is 0 Å². The van der Waals surface area contributed by atoms with Gasteiger partial charge in [0.05, 0.1) is 27.9 Å². The minimum Gasteiger partial charge on any atom is -0.459 e. The van der Waals surface area contributed by atoms with Gasteiger partial charge in [-0.05, 0) is 72.1 Å². The molecule has 244 valence electrons. The van der Waals surface area contributed by atoms with Crippen LogP contribution < -0.4 is 9.92 Å². The number of rotatable bonds is 6. The molecule has 0 N–H and O–H groups in total. The molecule has 0 fully saturated rings. The summed E-state index contributed by atoms with van der Waals surface area (Å²) in [5.41, 5.74) is 11.3. The second kappa shape index (κ2) is 12.8. The molecule has 8 rings (SSSR count). The Morgan fingerprint density at radius 1 is 0.714 bits per heavy atom. The first kappa shape index (κ1) is 32.5. The molecule has 0 aliphatic rings. The molecule has 0 saturated carbocycles. The summed E-state index contributed by atoms with van der Waals surface area (Å²) in [6.07, 6.45) is 5.41. The normalized spacial score (nSPS) is 11.6. The maximum atomic E-state index is 6.78. The fourth-order valence-corrected chi connectivity index (χ4v) is 7.74. The summed E-state index contributed by atoms with van der Waals surface area (Å²) in [7, 11) is -1.87. The molecule has 3 aromatic carbocycles. The maximum absolute atomic E-state index is 6.78. The zero-order valence-electron chi connectivity index (χ0n) is 27.8. The van der Waals surface area contributed by atoms with Gasteiger partial charge in [-0.1, -0.05) is 73.4 Å². The van der Waals surface area contributed by atoms with Crippen molar-refractivity contribution in [2.45, 2.75) is 33.5 Å². The molecule has 49 heavy (non-hydrogen) atoms. The van der Waals surface area contributed by atoms with Crippen molar-refractivity contribution in [1.29, 1.82) is 0 Å². The molecule has 0 aliphatic carbocycles. The van der Waals surface area contributed by atoms with E-state index >= 15 is 0 Å². The Hall–Kier alpha value is -5.04. The van der Waals surface area contributed by atoms with Crippen LogP contribution in [0.15, 0.2) is 110 Å². The van der Waals surface area contributed by atoms with Crippen LogP contribution in [-0.2, 0) is 21.1 Å². The van der Waals surface area contributed by atoms with E-state index in [4.69, 9.17) is 19.7 Å². The Balaban J connectivity index is 0.00000378. The van der Waals surface area contributed by atoms with Gasteiger partial charge in [-0.2, -0.15) is 0 Å². The number of benzene rings is 3. The molecule has 0 unspecified atom stereocenters. The van der Waals surface area contributed by atoms with Gasteiger partial charge in [-0.15, -0.1) is 17.7 Å². The van der Waals surface area contributed by atoms with E-state index in [0.717, 1.165) is 66.5 Å². The molecule has 7 nitrogen and oxygen atoms in total. The van der Waals surface area contributed by atoms with Gasteiger partial charge in [0.2, 0.25) is 5.88 Å². The Labute approximate surface area is 300 Å². The van der Waals surface area contributed by atoms with Gasteiger partial charge >= 0.3 is 0 Å². The molecular formula is C40H33N6OPtSi-. The molecule has 0 bridgehead atoms. The van der Waals surface area contributed by atoms with E-state index in [1.54, 1.807) is 12.4 Å². The predicted octanol–water partition coefficient (Wildman–Crippen LogP) is 8.97. The van der Waals surface area contributed by atoms with Crippen LogP contribution in [0.2, 0.25) is 19.6 Å². The summed E-state index contributed by atoms with van der Waals surface area (Å²) in [6, 6.07) is 34.3. The second-order valence-corrected chi connectivity index (χ2v) is 18.2. The van der Waals surface area contributed by atoms with Crippen molar-refractivity contribution in [3.63, 3.8) is 0 Å². The molecule has 0 atom stereocenters. The number of ether oxygens (including phenoxy) is 1. The summed E-state index contributed by atoms with van der Waals surface area (Å²) in [4.78, 5) is 24.0. The molecule has 0 spiro atoms. The number of hydrogen-bond acceptors (Lipinski definition) is 6. The van der Waals surface area contributed by atoms with Gasteiger partial charge in [-0.25, -0.2) is 15.0 Å². The summed E-state index contributed by atoms with van der Waals surface area (Å²) in [6.45, 7) is 11.2. The van der Waals surface area contributed by atoms with Crippen molar-refractivity contribution in [3.05, 3.63) is 127 Å². The number of hydrogen-bond donors (Lipinski definition) is 0. The summed E-state index contributed by atoms with van der Waals surface area (Å²) < 4.78 is 8.81. The van der Waals surface area contributed by atoms with Gasteiger partial charge in [0.25, 0.3) is 0 Å². The number of para-hydroxylation sites is 2. The molecule has 0 aliphatic heterocycles. The van der Waals surface area contributed by atoms with Crippen molar-refractivity contribution in [3.8, 4) is 45.4 Å². The Bertz CT molecular complexity index is 2490. The van der Waals surface area contributed by atoms with E-state index in [-0.39, 0.29) is 21.1 Å². The third-order valence-corrected chi connectivity index (χ3v) is 10.7. The fourth-order valence-electron chi connectivity index (χ4n) is 6.36. The third kappa shape index (κ3) is 6.07. The van der Waals surface area contributed by atoms with Crippen molar-refractivity contribution in [1.82, 2.24) is 29.3 Å². The van der Waals surface area contributed by atoms with Crippen molar-refractivity contribution < 1.29 is 25.8 Å². The van der Waals surface area contributed by atoms with E-state index < -0.39 is 8.07 Å². The molecule has 8 aromatic rings. The minimum atomic E-state index is -1.87. The van der Waals surface area contributed by atoms with E-state index in [9.17, 15) is 0 Å². The standard InChI is InChI=1S/C40H33N6OSi.Pt/c1-25-11-10-12-26(2)39(25)28-19-33(30-13-8-9-18-41-30)44-38(21-28)47-36-20-27(16-17-37(36)48(3,4)5)32-22-29-34(23-42-32)43-24-46-35-15-7-6-14-31(35)45-40(29)46;/h6-19,21-24H,1-5H3;/q-1;. The quantitative estimate of drug-likeness (QED) is 0.123. The smallest absolute Gasteiger partial charge is 0.218 e. The molecule has 5 heterocycles. The monoisotopic (exact) mass is 836 g/mol. The summed E-state index contributed by atoms with van der Waals surface area (Å²) in [5, 5.41) is 2.07. The fraction of sp³-hybridized carbons (Fsp3) is 0.125. The Morgan fingerprint density at radius 2 is 1.51 bits per heavy atom. The molecule has 5 aromatic heterocycles. The van der Waals surface area contributed by atoms with Crippen LogP contribution in [0.1, 0.15) is 11.1 Å². The Kier molecular flexibility index (Phi) is 8.47. The van der Waals surface area contributed by atoms with Gasteiger partial charge in [-0.3, -0.25) is 9.38 Å². The van der Waals surface area contributed by atoms with Crippen molar-refractivity contribution >= 4 is 40.8 Å². The van der Waals surface area contributed by atoms with Crippen LogP contribution in [0, 0.1) is 19.9 Å². The van der Waals surface area contributed by atoms with Crippen LogP contribution >= 0.6 is 0 Å². The number of imidazole rings is 1. The molecule has 0 amide bonds. The topological polar surface area (TPSA) is 78.1 Å². The van der Waals surface area contributed by atoms with Crippen LogP contribution in [0.25, 0.3) is 61.4 Å². The van der Waals surface area contributed by atoms with Gasteiger partial charge in [0, 0.05) is 58.7 Å². The second-order valence-electron chi connectivity index (χ2n) is 13.2. The minimum absolute atomic E-state index is 0.